The second-order valence-electron chi connectivity index (χ2n) is 3.95. The van der Waals surface area contributed by atoms with Crippen LogP contribution in [0, 0.1) is 0 Å². The zero-order valence-electron chi connectivity index (χ0n) is 11.9. The lowest BCUT2D eigenvalue weighted by Gasteiger charge is -2.24. The molecule has 0 unspecified atom stereocenters. The number of carbonyl (C=O) groups excluding carboxylic acids is 1. The minimum Gasteiger partial charge on any atom is -0.494 e. The molecular weight excluding hydrogens is 278 g/mol. The van der Waals surface area contributed by atoms with Crippen LogP contribution in [0.1, 0.15) is 6.42 Å². The van der Waals surface area contributed by atoms with E-state index in [-0.39, 0.29) is 0 Å². The fourth-order valence-corrected chi connectivity index (χ4v) is 3.42. The van der Waals surface area contributed by atoms with Gasteiger partial charge in [-0.25, -0.2) is 4.79 Å². The molecule has 0 radical (unpaired) electrons. The normalized spacial score (nSPS) is 10.9. The van der Waals surface area contributed by atoms with Crippen molar-refractivity contribution in [1.29, 1.82) is 0 Å². The molecule has 20 heavy (non-hydrogen) atoms. The van der Waals surface area contributed by atoms with E-state index >= 15 is 0 Å². The van der Waals surface area contributed by atoms with Gasteiger partial charge in [-0.1, -0.05) is 6.07 Å². The van der Waals surface area contributed by atoms with Crippen LogP contribution in [0.5, 0.6) is 5.75 Å². The molecule has 7 heteroatoms. The highest BCUT2D eigenvalue weighted by molar-refractivity contribution is 6.60. The van der Waals surface area contributed by atoms with Crippen molar-refractivity contribution in [2.24, 2.45) is 4.99 Å². The molecule has 0 aromatic heterocycles. The first-order chi connectivity index (χ1) is 9.69. The number of nitrogens with zero attached hydrogens (tertiary/aromatic N) is 1. The predicted molar refractivity (Wildman–Crippen MR) is 75.9 cm³/mol. The maximum absolute atomic E-state index is 10.2. The van der Waals surface area contributed by atoms with Crippen molar-refractivity contribution < 1.29 is 22.8 Å². The van der Waals surface area contributed by atoms with Crippen molar-refractivity contribution >= 4 is 20.6 Å². The molecule has 0 aliphatic carbocycles. The van der Waals surface area contributed by atoms with E-state index in [1.807, 2.05) is 0 Å². The monoisotopic (exact) mass is 297 g/mol. The zero-order chi connectivity index (χ0) is 14.8. The number of rotatable bonds is 9. The molecule has 6 nitrogen and oxygen atoms in total. The molecule has 0 N–H and O–H groups in total. The number of hydrogen-bond acceptors (Lipinski definition) is 6. The lowest BCUT2D eigenvalue weighted by molar-refractivity contribution is 0.121. The van der Waals surface area contributed by atoms with Crippen LogP contribution in [0.25, 0.3) is 0 Å². The maximum Gasteiger partial charge on any atom is 0.500 e. The summed E-state index contributed by atoms with van der Waals surface area (Å²) in [6, 6.07) is 7.62. The molecule has 110 valence electrons. The Labute approximate surface area is 119 Å². The molecule has 0 heterocycles. The average Bonchev–Trinajstić information content (AvgIpc) is 2.49. The van der Waals surface area contributed by atoms with Gasteiger partial charge in [0, 0.05) is 33.4 Å². The Bertz CT molecular complexity index is 450. The molecule has 1 aromatic carbocycles. The fourth-order valence-electron chi connectivity index (χ4n) is 1.73. The number of aliphatic imine (C=N–C) groups is 1. The van der Waals surface area contributed by atoms with E-state index in [9.17, 15) is 4.79 Å². The summed E-state index contributed by atoms with van der Waals surface area (Å²) in [7, 11) is 2.22. The average molecular weight is 297 g/mol. The van der Waals surface area contributed by atoms with Crippen LogP contribution in [0.3, 0.4) is 0 Å². The van der Waals surface area contributed by atoms with Crippen LogP contribution < -0.4 is 4.74 Å². The second-order valence-corrected chi connectivity index (χ2v) is 7.04. The number of hydrogen-bond donors (Lipinski definition) is 0. The van der Waals surface area contributed by atoms with Gasteiger partial charge in [-0.15, -0.1) is 0 Å². The number of ether oxygens (including phenoxy) is 1. The predicted octanol–water partition coefficient (Wildman–Crippen LogP) is 2.30. The van der Waals surface area contributed by atoms with E-state index in [4.69, 9.17) is 18.0 Å². The van der Waals surface area contributed by atoms with Crippen LogP contribution in [-0.2, 0) is 18.1 Å². The van der Waals surface area contributed by atoms with Gasteiger partial charge >= 0.3 is 8.80 Å². The second kappa shape index (κ2) is 8.62. The van der Waals surface area contributed by atoms with E-state index in [2.05, 4.69) is 4.99 Å². The first-order valence-electron chi connectivity index (χ1n) is 6.16. The lowest BCUT2D eigenvalue weighted by Crippen LogP contribution is -2.42. The lowest BCUT2D eigenvalue weighted by atomic mass is 10.3. The standard InChI is InChI=1S/C13H19NO5Si/c1-16-20(17-2,18-3)9-5-8-19-13-7-4-6-12(10-13)14-11-15/h4,6-7,10H,5,8-9H2,1-3H3. The summed E-state index contributed by atoms with van der Waals surface area (Å²) in [5, 5.41) is 0. The van der Waals surface area contributed by atoms with E-state index in [0.29, 0.717) is 24.1 Å². The summed E-state index contributed by atoms with van der Waals surface area (Å²) < 4.78 is 21.5. The van der Waals surface area contributed by atoms with Crippen molar-refractivity contribution in [1.82, 2.24) is 0 Å². The van der Waals surface area contributed by atoms with Gasteiger partial charge in [0.2, 0.25) is 6.08 Å². The molecule has 0 amide bonds. The smallest absolute Gasteiger partial charge is 0.494 e. The van der Waals surface area contributed by atoms with Crippen molar-refractivity contribution in [2.75, 3.05) is 27.9 Å². The molecule has 0 aliphatic rings. The molecule has 1 aromatic rings. The Morgan fingerprint density at radius 2 is 1.90 bits per heavy atom. The summed E-state index contributed by atoms with van der Waals surface area (Å²) in [5.41, 5.74) is 0.520. The quantitative estimate of drug-likeness (QED) is 0.303. The summed E-state index contributed by atoms with van der Waals surface area (Å²) in [4.78, 5) is 13.7. The summed E-state index contributed by atoms with van der Waals surface area (Å²) in [5.74, 6) is 0.654. The Morgan fingerprint density at radius 3 is 2.50 bits per heavy atom. The highest BCUT2D eigenvalue weighted by Gasteiger charge is 2.36. The van der Waals surface area contributed by atoms with Crippen molar-refractivity contribution in [3.63, 3.8) is 0 Å². The van der Waals surface area contributed by atoms with E-state index in [0.717, 1.165) is 6.42 Å². The zero-order valence-corrected chi connectivity index (χ0v) is 12.9. The third-order valence-electron chi connectivity index (χ3n) is 2.82. The third kappa shape index (κ3) is 4.88. The van der Waals surface area contributed by atoms with Gasteiger partial charge in [0.1, 0.15) is 5.75 Å². The van der Waals surface area contributed by atoms with Crippen LogP contribution in [0.2, 0.25) is 6.04 Å². The number of benzene rings is 1. The SMILES string of the molecule is CO[Si](CCCOc1cccc(N=C=O)c1)(OC)OC. The van der Waals surface area contributed by atoms with Crippen LogP contribution in [0.15, 0.2) is 29.3 Å². The highest BCUT2D eigenvalue weighted by Crippen LogP contribution is 2.20. The molecule has 0 saturated carbocycles. The minimum atomic E-state index is -2.53. The van der Waals surface area contributed by atoms with Crippen molar-refractivity contribution in [3.8, 4) is 5.75 Å². The topological polar surface area (TPSA) is 66.4 Å². The molecule has 0 fully saturated rings. The largest absolute Gasteiger partial charge is 0.500 e. The Hall–Kier alpha value is -1.50. The molecule has 0 atom stereocenters. The van der Waals surface area contributed by atoms with Crippen molar-refractivity contribution in [2.45, 2.75) is 12.5 Å². The van der Waals surface area contributed by atoms with Gasteiger partial charge in [-0.2, -0.15) is 4.99 Å². The third-order valence-corrected chi connectivity index (χ3v) is 5.65. The molecule has 0 bridgehead atoms. The van der Waals surface area contributed by atoms with Crippen LogP contribution >= 0.6 is 0 Å². The van der Waals surface area contributed by atoms with Crippen LogP contribution in [0.4, 0.5) is 5.69 Å². The van der Waals surface area contributed by atoms with Gasteiger partial charge in [0.25, 0.3) is 0 Å². The van der Waals surface area contributed by atoms with Gasteiger partial charge in [-0.3, -0.25) is 0 Å². The first-order valence-corrected chi connectivity index (χ1v) is 8.09. The Kier molecular flexibility index (Phi) is 7.14. The van der Waals surface area contributed by atoms with Gasteiger partial charge in [0.15, 0.2) is 0 Å². The summed E-state index contributed by atoms with van der Waals surface area (Å²) in [6.45, 7) is 0.499. The van der Waals surface area contributed by atoms with Gasteiger partial charge in [0.05, 0.1) is 12.3 Å². The molecule has 0 spiro atoms. The maximum atomic E-state index is 10.2. The van der Waals surface area contributed by atoms with Crippen molar-refractivity contribution in [3.05, 3.63) is 24.3 Å². The molecule has 1 rings (SSSR count). The van der Waals surface area contributed by atoms with E-state index < -0.39 is 8.80 Å². The van der Waals surface area contributed by atoms with Gasteiger partial charge in [-0.05, 0) is 18.6 Å². The summed E-state index contributed by atoms with van der Waals surface area (Å²) in [6.07, 6.45) is 2.24. The Morgan fingerprint density at radius 1 is 1.20 bits per heavy atom. The first kappa shape index (κ1) is 16.6. The molecule has 0 saturated heterocycles. The summed E-state index contributed by atoms with van der Waals surface area (Å²) >= 11 is 0. The molecular formula is C13H19NO5Si. The Balaban J connectivity index is 2.44. The molecule has 0 aliphatic heterocycles. The number of isocyanates is 1. The van der Waals surface area contributed by atoms with Crippen LogP contribution in [-0.4, -0.2) is 42.8 Å². The van der Waals surface area contributed by atoms with Gasteiger partial charge < -0.3 is 18.0 Å². The fraction of sp³-hybridized carbons (Fsp3) is 0.462. The van der Waals surface area contributed by atoms with E-state index in [1.54, 1.807) is 45.6 Å². The highest BCUT2D eigenvalue weighted by atomic mass is 28.4. The van der Waals surface area contributed by atoms with E-state index in [1.165, 1.54) is 6.08 Å². The minimum absolute atomic E-state index is 0.499.